The second kappa shape index (κ2) is 11.9. The Morgan fingerprint density at radius 3 is 2.57 bits per heavy atom. The van der Waals surface area contributed by atoms with Crippen molar-refractivity contribution in [3.8, 4) is 0 Å². The van der Waals surface area contributed by atoms with Crippen LogP contribution in [-0.2, 0) is 16.1 Å². The zero-order chi connectivity index (χ0) is 24.8. The lowest BCUT2D eigenvalue weighted by Crippen LogP contribution is -2.62. The molecule has 7 heteroatoms. The first kappa shape index (κ1) is 25.5. The van der Waals surface area contributed by atoms with Crippen LogP contribution in [0.3, 0.4) is 0 Å². The lowest BCUT2D eigenvalue weighted by atomic mass is 9.81. The lowest BCUT2D eigenvalue weighted by molar-refractivity contribution is -0.132. The van der Waals surface area contributed by atoms with E-state index in [1.54, 1.807) is 6.08 Å². The highest BCUT2D eigenvalue weighted by molar-refractivity contribution is 8.03. The maximum atomic E-state index is 13.5. The Hall–Kier alpha value is -2.54. The summed E-state index contributed by atoms with van der Waals surface area (Å²) in [7, 11) is 0. The number of fused-ring (bicyclic) bond motifs is 1. The molecule has 6 nitrogen and oxygen atoms in total. The molecule has 1 N–H and O–H groups in total. The molecule has 0 spiro atoms. The molecule has 1 aromatic rings. The minimum atomic E-state index is -0.273. The fourth-order valence-corrected chi connectivity index (χ4v) is 6.35. The lowest BCUT2D eigenvalue weighted by Gasteiger charge is -2.43. The molecular weight excluding hydrogens is 458 g/mol. The number of nitrogens with zero attached hydrogens (tertiary/aromatic N) is 2. The molecule has 3 aliphatic rings. The van der Waals surface area contributed by atoms with E-state index in [2.05, 4.69) is 18.8 Å². The Morgan fingerprint density at radius 2 is 1.89 bits per heavy atom. The molecule has 2 heterocycles. The molecule has 35 heavy (non-hydrogen) atoms. The van der Waals surface area contributed by atoms with E-state index >= 15 is 0 Å². The summed E-state index contributed by atoms with van der Waals surface area (Å²) < 4.78 is 0. The van der Waals surface area contributed by atoms with Crippen molar-refractivity contribution >= 4 is 35.7 Å². The summed E-state index contributed by atoms with van der Waals surface area (Å²) in [5.41, 5.74) is 2.07. The zero-order valence-electron chi connectivity index (χ0n) is 20.7. The number of nitrogens with one attached hydrogen (secondary N) is 1. The molecule has 2 unspecified atom stereocenters. The number of hydrogen-bond donors (Lipinski definition) is 1. The smallest absolute Gasteiger partial charge is 0.327 e. The molecular formula is C28H37N3O3S. The van der Waals surface area contributed by atoms with Crippen molar-refractivity contribution in [1.82, 2.24) is 15.1 Å². The van der Waals surface area contributed by atoms with Gasteiger partial charge in [-0.3, -0.25) is 14.5 Å². The minimum absolute atomic E-state index is 0.0506. The second-order valence-electron chi connectivity index (χ2n) is 9.90. The Bertz CT molecular complexity index is 953. The molecule has 0 radical (unpaired) electrons. The predicted molar refractivity (Wildman–Crippen MR) is 141 cm³/mol. The van der Waals surface area contributed by atoms with Gasteiger partial charge in [-0.05, 0) is 54.6 Å². The van der Waals surface area contributed by atoms with Crippen LogP contribution in [0.2, 0.25) is 0 Å². The summed E-state index contributed by atoms with van der Waals surface area (Å²) in [6.45, 7) is 7.62. The van der Waals surface area contributed by atoms with Crippen LogP contribution in [0.5, 0.6) is 0 Å². The highest BCUT2D eigenvalue weighted by atomic mass is 32.2. The number of benzene rings is 1. The van der Waals surface area contributed by atoms with E-state index in [1.165, 1.54) is 16.7 Å². The first-order chi connectivity index (χ1) is 17.0. The van der Waals surface area contributed by atoms with E-state index in [4.69, 9.17) is 0 Å². The molecule has 2 aliphatic heterocycles. The summed E-state index contributed by atoms with van der Waals surface area (Å²) in [5.74, 6) is 0.380. The topological polar surface area (TPSA) is 69.7 Å². The molecule has 1 aliphatic carbocycles. The number of carbonyl (C=O) groups is 3. The van der Waals surface area contributed by atoms with Crippen LogP contribution in [0, 0.1) is 11.8 Å². The van der Waals surface area contributed by atoms with E-state index in [9.17, 15) is 14.4 Å². The van der Waals surface area contributed by atoms with Gasteiger partial charge in [-0.2, -0.15) is 0 Å². The van der Waals surface area contributed by atoms with E-state index < -0.39 is 0 Å². The quantitative estimate of drug-likeness (QED) is 0.453. The van der Waals surface area contributed by atoms with Crippen LogP contribution in [-0.4, -0.2) is 52.0 Å². The first-order valence-corrected chi connectivity index (χ1v) is 13.9. The maximum absolute atomic E-state index is 13.5. The molecule has 4 rings (SSSR count). The number of hydrogen-bond acceptors (Lipinski definition) is 4. The van der Waals surface area contributed by atoms with E-state index in [1.807, 2.05) is 40.6 Å². The number of amides is 4. The SMILES string of the molecule is C=Cc1ccc(CN2C(=O)N(CC3CCC(C(=O)NCCCCC)CC3)C(=O)C3SC=CC32)cc1. The van der Waals surface area contributed by atoms with Crippen LogP contribution < -0.4 is 5.32 Å². The van der Waals surface area contributed by atoms with Gasteiger partial charge in [-0.1, -0.05) is 62.8 Å². The van der Waals surface area contributed by atoms with Crippen molar-refractivity contribution in [2.75, 3.05) is 13.1 Å². The van der Waals surface area contributed by atoms with E-state index in [-0.39, 0.29) is 41.0 Å². The average Bonchev–Trinajstić information content (AvgIpc) is 3.38. The number of thioether (sulfide) groups is 1. The summed E-state index contributed by atoms with van der Waals surface area (Å²) in [6.07, 6.45) is 10.5. The maximum Gasteiger partial charge on any atom is 0.327 e. The van der Waals surface area contributed by atoms with Gasteiger partial charge in [-0.25, -0.2) is 4.79 Å². The summed E-state index contributed by atoms with van der Waals surface area (Å²) in [4.78, 5) is 42.6. The van der Waals surface area contributed by atoms with Crippen molar-refractivity contribution < 1.29 is 14.4 Å². The minimum Gasteiger partial charge on any atom is -0.356 e. The third-order valence-corrected chi connectivity index (χ3v) is 8.55. The standard InChI is InChI=1S/C28H37N3O3S/c1-3-5-6-16-29-26(32)23-13-11-22(12-14-23)19-31-27(33)25-24(15-17-35-25)30(28(31)34)18-21-9-7-20(4-2)8-10-21/h4,7-10,15,17,22-25H,2-3,5-6,11-14,16,18-19H2,1H3,(H,29,32). The molecule has 0 bridgehead atoms. The van der Waals surface area contributed by atoms with Crippen molar-refractivity contribution in [1.29, 1.82) is 0 Å². The molecule has 1 aromatic carbocycles. The number of urea groups is 1. The zero-order valence-corrected chi connectivity index (χ0v) is 21.5. The van der Waals surface area contributed by atoms with Crippen molar-refractivity contribution in [2.24, 2.45) is 11.8 Å². The van der Waals surface area contributed by atoms with Gasteiger partial charge < -0.3 is 10.2 Å². The first-order valence-electron chi connectivity index (χ1n) is 12.9. The fourth-order valence-electron chi connectivity index (χ4n) is 5.29. The molecule has 1 saturated carbocycles. The van der Waals surface area contributed by atoms with Gasteiger partial charge in [0.25, 0.3) is 0 Å². The molecule has 4 amide bonds. The highest BCUT2D eigenvalue weighted by Crippen LogP contribution is 2.37. The van der Waals surface area contributed by atoms with Gasteiger partial charge in [0, 0.05) is 25.6 Å². The third-order valence-electron chi connectivity index (χ3n) is 7.46. The van der Waals surface area contributed by atoms with Crippen LogP contribution in [0.4, 0.5) is 4.79 Å². The van der Waals surface area contributed by atoms with Crippen LogP contribution >= 0.6 is 11.8 Å². The Labute approximate surface area is 213 Å². The van der Waals surface area contributed by atoms with Gasteiger partial charge in [-0.15, -0.1) is 11.8 Å². The normalized spacial score (nSPS) is 26.1. The average molecular weight is 496 g/mol. The molecule has 2 fully saturated rings. The molecule has 2 atom stereocenters. The highest BCUT2D eigenvalue weighted by Gasteiger charge is 2.47. The molecule has 0 aromatic heterocycles. The molecule has 188 valence electrons. The van der Waals surface area contributed by atoms with Gasteiger partial charge in [0.1, 0.15) is 5.25 Å². The molecule has 1 saturated heterocycles. The Balaban J connectivity index is 1.36. The van der Waals surface area contributed by atoms with Crippen LogP contribution in [0.15, 0.2) is 42.3 Å². The summed E-state index contributed by atoms with van der Waals surface area (Å²) in [5, 5.41) is 4.75. The van der Waals surface area contributed by atoms with Gasteiger partial charge in [0.05, 0.1) is 6.04 Å². The number of imide groups is 1. The Kier molecular flexibility index (Phi) is 8.71. The van der Waals surface area contributed by atoms with Crippen molar-refractivity contribution in [3.05, 3.63) is 53.5 Å². The van der Waals surface area contributed by atoms with Crippen molar-refractivity contribution in [3.63, 3.8) is 0 Å². The third kappa shape index (κ3) is 6.00. The largest absolute Gasteiger partial charge is 0.356 e. The monoisotopic (exact) mass is 495 g/mol. The van der Waals surface area contributed by atoms with E-state index in [0.29, 0.717) is 13.1 Å². The number of unbranched alkanes of at least 4 members (excludes halogenated alkanes) is 2. The van der Waals surface area contributed by atoms with Crippen molar-refractivity contribution in [2.45, 2.75) is 69.7 Å². The Morgan fingerprint density at radius 1 is 1.14 bits per heavy atom. The van der Waals surface area contributed by atoms with E-state index in [0.717, 1.165) is 62.6 Å². The van der Waals surface area contributed by atoms with Gasteiger partial charge in [0.2, 0.25) is 11.8 Å². The number of rotatable bonds is 10. The number of carbonyl (C=O) groups excluding carboxylic acids is 3. The van der Waals surface area contributed by atoms with Crippen LogP contribution in [0.1, 0.15) is 63.0 Å². The predicted octanol–water partition coefficient (Wildman–Crippen LogP) is 5.20. The second-order valence-corrected chi connectivity index (χ2v) is 10.9. The summed E-state index contributed by atoms with van der Waals surface area (Å²) >= 11 is 1.51. The fraction of sp³-hybridized carbons (Fsp3) is 0.536. The van der Waals surface area contributed by atoms with Gasteiger partial charge in [0.15, 0.2) is 0 Å². The summed E-state index contributed by atoms with van der Waals surface area (Å²) in [6, 6.07) is 7.61. The van der Waals surface area contributed by atoms with Gasteiger partial charge >= 0.3 is 6.03 Å². The van der Waals surface area contributed by atoms with Crippen LogP contribution in [0.25, 0.3) is 6.08 Å².